The van der Waals surface area contributed by atoms with Gasteiger partial charge in [0.1, 0.15) is 5.82 Å². The predicted molar refractivity (Wildman–Crippen MR) is 75.8 cm³/mol. The molecule has 1 aliphatic carbocycles. The van der Waals surface area contributed by atoms with E-state index in [1.54, 1.807) is 14.0 Å². The van der Waals surface area contributed by atoms with Crippen molar-refractivity contribution in [2.75, 3.05) is 12.4 Å². The van der Waals surface area contributed by atoms with Crippen LogP contribution in [0, 0.1) is 24.6 Å². The standard InChI is InChI=1S/C15H24FN3/c1-9(2)11-5-7-12(8-6-11)14-18-10(3)13(16)15(17-4)19-14/h9,11-12H,5-8H2,1-4H3,(H,17,18,19). The van der Waals surface area contributed by atoms with Gasteiger partial charge in [-0.05, 0) is 44.4 Å². The highest BCUT2D eigenvalue weighted by Crippen LogP contribution is 2.37. The van der Waals surface area contributed by atoms with Crippen LogP contribution in [0.5, 0.6) is 0 Å². The van der Waals surface area contributed by atoms with Gasteiger partial charge in [0, 0.05) is 13.0 Å². The molecule has 0 saturated heterocycles. The summed E-state index contributed by atoms with van der Waals surface area (Å²) in [5, 5.41) is 2.82. The Balaban J connectivity index is 2.13. The number of aromatic nitrogens is 2. The summed E-state index contributed by atoms with van der Waals surface area (Å²) in [6, 6.07) is 0. The lowest BCUT2D eigenvalue weighted by Gasteiger charge is -2.30. The molecule has 0 atom stereocenters. The fourth-order valence-corrected chi connectivity index (χ4v) is 2.97. The normalized spacial score (nSPS) is 23.7. The van der Waals surface area contributed by atoms with E-state index in [0.29, 0.717) is 17.4 Å². The molecule has 19 heavy (non-hydrogen) atoms. The van der Waals surface area contributed by atoms with Crippen molar-refractivity contribution in [1.82, 2.24) is 9.97 Å². The molecule has 1 aliphatic rings. The molecule has 106 valence electrons. The number of rotatable bonds is 3. The Labute approximate surface area is 115 Å². The van der Waals surface area contributed by atoms with Gasteiger partial charge in [0.2, 0.25) is 0 Å². The van der Waals surface area contributed by atoms with Crippen molar-refractivity contribution < 1.29 is 4.39 Å². The summed E-state index contributed by atoms with van der Waals surface area (Å²) in [5.74, 6) is 2.77. The summed E-state index contributed by atoms with van der Waals surface area (Å²) in [6.07, 6.45) is 4.71. The molecular weight excluding hydrogens is 241 g/mol. The number of aryl methyl sites for hydroxylation is 1. The molecule has 0 spiro atoms. The maximum atomic E-state index is 13.7. The monoisotopic (exact) mass is 265 g/mol. The molecule has 0 unspecified atom stereocenters. The van der Waals surface area contributed by atoms with Crippen LogP contribution in [0.15, 0.2) is 0 Å². The summed E-state index contributed by atoms with van der Waals surface area (Å²) in [4.78, 5) is 8.70. The molecule has 4 heteroatoms. The van der Waals surface area contributed by atoms with E-state index in [1.807, 2.05) is 0 Å². The van der Waals surface area contributed by atoms with Gasteiger partial charge in [0.15, 0.2) is 11.6 Å². The Morgan fingerprint density at radius 2 is 1.79 bits per heavy atom. The number of nitrogens with one attached hydrogen (secondary N) is 1. The van der Waals surface area contributed by atoms with Crippen molar-refractivity contribution in [3.05, 3.63) is 17.3 Å². The highest BCUT2D eigenvalue weighted by atomic mass is 19.1. The zero-order valence-electron chi connectivity index (χ0n) is 12.3. The van der Waals surface area contributed by atoms with Crippen LogP contribution in [-0.2, 0) is 0 Å². The van der Waals surface area contributed by atoms with Gasteiger partial charge in [-0.25, -0.2) is 14.4 Å². The Morgan fingerprint density at radius 3 is 2.32 bits per heavy atom. The lowest BCUT2D eigenvalue weighted by atomic mass is 9.76. The lowest BCUT2D eigenvalue weighted by molar-refractivity contribution is 0.254. The predicted octanol–water partition coefficient (Wildman–Crippen LogP) is 3.90. The summed E-state index contributed by atoms with van der Waals surface area (Å²) < 4.78 is 13.7. The largest absolute Gasteiger partial charge is 0.371 e. The Morgan fingerprint density at radius 1 is 1.16 bits per heavy atom. The van der Waals surface area contributed by atoms with Crippen LogP contribution < -0.4 is 5.32 Å². The van der Waals surface area contributed by atoms with Crippen LogP contribution >= 0.6 is 0 Å². The summed E-state index contributed by atoms with van der Waals surface area (Å²) >= 11 is 0. The molecule has 2 rings (SSSR count). The summed E-state index contributed by atoms with van der Waals surface area (Å²) in [5.41, 5.74) is 0.445. The highest BCUT2D eigenvalue weighted by molar-refractivity contribution is 5.37. The molecule has 3 nitrogen and oxygen atoms in total. The van der Waals surface area contributed by atoms with Crippen molar-refractivity contribution >= 4 is 5.82 Å². The van der Waals surface area contributed by atoms with E-state index in [9.17, 15) is 4.39 Å². The Bertz CT molecular complexity index is 437. The lowest BCUT2D eigenvalue weighted by Crippen LogP contribution is -2.19. The topological polar surface area (TPSA) is 37.8 Å². The van der Waals surface area contributed by atoms with Crippen LogP contribution in [0.2, 0.25) is 0 Å². The van der Waals surface area contributed by atoms with Gasteiger partial charge in [-0.1, -0.05) is 13.8 Å². The number of halogens is 1. The third-order valence-corrected chi connectivity index (χ3v) is 4.35. The van der Waals surface area contributed by atoms with Crippen LogP contribution in [0.3, 0.4) is 0 Å². The molecular formula is C15H24FN3. The number of hydrogen-bond donors (Lipinski definition) is 1. The van der Waals surface area contributed by atoms with E-state index in [2.05, 4.69) is 29.1 Å². The Kier molecular flexibility index (Phi) is 4.38. The molecule has 0 aliphatic heterocycles. The summed E-state index contributed by atoms with van der Waals surface area (Å²) in [6.45, 7) is 6.30. The highest BCUT2D eigenvalue weighted by Gasteiger charge is 2.26. The first-order valence-electron chi connectivity index (χ1n) is 7.24. The van der Waals surface area contributed by atoms with Gasteiger partial charge in [0.25, 0.3) is 0 Å². The minimum atomic E-state index is -0.331. The number of hydrogen-bond acceptors (Lipinski definition) is 3. The van der Waals surface area contributed by atoms with Gasteiger partial charge in [-0.2, -0.15) is 0 Å². The van der Waals surface area contributed by atoms with E-state index in [-0.39, 0.29) is 5.82 Å². The average Bonchev–Trinajstić information content (AvgIpc) is 2.41. The molecule has 1 heterocycles. The second-order valence-electron chi connectivity index (χ2n) is 5.94. The minimum Gasteiger partial charge on any atom is -0.371 e. The zero-order valence-corrected chi connectivity index (χ0v) is 12.3. The molecule has 0 aromatic carbocycles. The van der Waals surface area contributed by atoms with Crippen molar-refractivity contribution in [3.8, 4) is 0 Å². The molecule has 1 aromatic rings. The smallest absolute Gasteiger partial charge is 0.186 e. The van der Waals surface area contributed by atoms with E-state index < -0.39 is 0 Å². The summed E-state index contributed by atoms with van der Waals surface area (Å²) in [7, 11) is 1.70. The van der Waals surface area contributed by atoms with E-state index in [4.69, 9.17) is 0 Å². The average molecular weight is 265 g/mol. The zero-order chi connectivity index (χ0) is 14.0. The second kappa shape index (κ2) is 5.85. The minimum absolute atomic E-state index is 0.327. The number of nitrogens with zero attached hydrogens (tertiary/aromatic N) is 2. The van der Waals surface area contributed by atoms with Gasteiger partial charge in [0.05, 0.1) is 5.69 Å². The van der Waals surface area contributed by atoms with Gasteiger partial charge in [-0.3, -0.25) is 0 Å². The molecule has 1 fully saturated rings. The van der Waals surface area contributed by atoms with Crippen molar-refractivity contribution in [2.24, 2.45) is 11.8 Å². The van der Waals surface area contributed by atoms with Crippen LogP contribution in [0.4, 0.5) is 10.2 Å². The molecule has 0 amide bonds. The number of anilines is 1. The van der Waals surface area contributed by atoms with Gasteiger partial charge < -0.3 is 5.32 Å². The van der Waals surface area contributed by atoms with E-state index in [0.717, 1.165) is 30.5 Å². The first-order valence-corrected chi connectivity index (χ1v) is 7.24. The second-order valence-corrected chi connectivity index (χ2v) is 5.94. The van der Waals surface area contributed by atoms with Crippen LogP contribution in [0.1, 0.15) is 57.0 Å². The molecule has 1 aromatic heterocycles. The van der Waals surface area contributed by atoms with E-state index >= 15 is 0 Å². The molecule has 1 saturated carbocycles. The first kappa shape index (κ1) is 14.2. The quantitative estimate of drug-likeness (QED) is 0.900. The fraction of sp³-hybridized carbons (Fsp3) is 0.733. The first-order chi connectivity index (χ1) is 9.02. The van der Waals surface area contributed by atoms with Gasteiger partial charge >= 0.3 is 0 Å². The van der Waals surface area contributed by atoms with Gasteiger partial charge in [-0.15, -0.1) is 0 Å². The Hall–Kier alpha value is -1.19. The van der Waals surface area contributed by atoms with Crippen molar-refractivity contribution in [1.29, 1.82) is 0 Å². The third-order valence-electron chi connectivity index (χ3n) is 4.35. The maximum Gasteiger partial charge on any atom is 0.186 e. The maximum absolute atomic E-state index is 13.7. The van der Waals surface area contributed by atoms with Crippen molar-refractivity contribution in [3.63, 3.8) is 0 Å². The van der Waals surface area contributed by atoms with Crippen LogP contribution in [0.25, 0.3) is 0 Å². The molecule has 1 N–H and O–H groups in total. The van der Waals surface area contributed by atoms with E-state index in [1.165, 1.54) is 12.8 Å². The molecule has 0 radical (unpaired) electrons. The van der Waals surface area contributed by atoms with Crippen molar-refractivity contribution in [2.45, 2.75) is 52.4 Å². The third kappa shape index (κ3) is 3.04. The van der Waals surface area contributed by atoms with Crippen LogP contribution in [-0.4, -0.2) is 17.0 Å². The fourth-order valence-electron chi connectivity index (χ4n) is 2.97. The molecule has 0 bridgehead atoms. The SMILES string of the molecule is CNc1nc(C2CCC(C(C)C)CC2)nc(C)c1F.